The predicted molar refractivity (Wildman–Crippen MR) is 29.6 cm³/mol. The molecule has 0 aromatic rings. The third-order valence-corrected chi connectivity index (χ3v) is 1.36. The van der Waals surface area contributed by atoms with Crippen LogP contribution in [-0.4, -0.2) is 18.1 Å². The minimum absolute atomic E-state index is 0.153. The molecule has 3 heteroatoms. The lowest BCUT2D eigenvalue weighted by atomic mass is 10.0. The molecule has 1 saturated heterocycles. The van der Waals surface area contributed by atoms with Gasteiger partial charge < -0.3 is 4.74 Å². The molecule has 1 fully saturated rings. The Morgan fingerprint density at radius 2 is 1.89 bits per heavy atom. The van der Waals surface area contributed by atoms with Crippen LogP contribution in [0.4, 0.5) is 8.78 Å². The van der Waals surface area contributed by atoms with Gasteiger partial charge >= 0.3 is 0 Å². The highest BCUT2D eigenvalue weighted by molar-refractivity contribution is 4.85. The number of ether oxygens (including phenoxy) is 1. The zero-order chi connectivity index (χ0) is 7.12. The molecule has 1 aliphatic heterocycles. The molecule has 0 bridgehead atoms. The van der Waals surface area contributed by atoms with E-state index in [0.717, 1.165) is 0 Å². The molecule has 9 heavy (non-hydrogen) atoms. The lowest BCUT2D eigenvalue weighted by Gasteiger charge is -2.14. The lowest BCUT2D eigenvalue weighted by molar-refractivity contribution is -0.0167. The second-order valence-electron chi connectivity index (χ2n) is 3.08. The van der Waals surface area contributed by atoms with Gasteiger partial charge in [-0.05, 0) is 13.8 Å². The smallest absolute Gasteiger partial charge is 0.273 e. The molecule has 0 amide bonds. The van der Waals surface area contributed by atoms with Gasteiger partial charge in [0.2, 0.25) is 0 Å². The topological polar surface area (TPSA) is 9.23 Å². The van der Waals surface area contributed by atoms with E-state index in [9.17, 15) is 8.78 Å². The van der Waals surface area contributed by atoms with Crippen LogP contribution in [0, 0.1) is 0 Å². The summed E-state index contributed by atoms with van der Waals surface area (Å²) in [4.78, 5) is 0. The van der Waals surface area contributed by atoms with Crippen LogP contribution in [0.15, 0.2) is 0 Å². The van der Waals surface area contributed by atoms with E-state index in [-0.39, 0.29) is 6.42 Å². The van der Waals surface area contributed by atoms with Crippen molar-refractivity contribution in [2.45, 2.75) is 31.8 Å². The van der Waals surface area contributed by atoms with E-state index < -0.39 is 18.1 Å². The van der Waals surface area contributed by atoms with Gasteiger partial charge in [0.05, 0.1) is 5.60 Å². The molecule has 0 atom stereocenters. The molecule has 1 aliphatic rings. The number of alkyl halides is 2. The number of halogens is 2. The quantitative estimate of drug-likeness (QED) is 0.493. The van der Waals surface area contributed by atoms with Crippen molar-refractivity contribution in [3.8, 4) is 0 Å². The summed E-state index contributed by atoms with van der Waals surface area (Å²) in [5, 5.41) is 0. The SMILES string of the molecule is CC1(C)CC(F)(F)CO1. The van der Waals surface area contributed by atoms with Crippen LogP contribution in [0.1, 0.15) is 20.3 Å². The van der Waals surface area contributed by atoms with Crippen molar-refractivity contribution >= 4 is 0 Å². The van der Waals surface area contributed by atoms with E-state index >= 15 is 0 Å². The summed E-state index contributed by atoms with van der Waals surface area (Å²) in [6, 6.07) is 0. The normalized spacial score (nSPS) is 30.7. The molecule has 54 valence electrons. The van der Waals surface area contributed by atoms with Crippen LogP contribution in [0.3, 0.4) is 0 Å². The van der Waals surface area contributed by atoms with Crippen LogP contribution in [0.5, 0.6) is 0 Å². The van der Waals surface area contributed by atoms with Crippen LogP contribution in [-0.2, 0) is 4.74 Å². The highest BCUT2D eigenvalue weighted by Crippen LogP contribution is 2.35. The van der Waals surface area contributed by atoms with Crippen LogP contribution >= 0.6 is 0 Å². The molecule has 0 N–H and O–H groups in total. The van der Waals surface area contributed by atoms with Crippen LogP contribution in [0.25, 0.3) is 0 Å². The van der Waals surface area contributed by atoms with Crippen molar-refractivity contribution in [1.82, 2.24) is 0 Å². The highest BCUT2D eigenvalue weighted by Gasteiger charge is 2.45. The summed E-state index contributed by atoms with van der Waals surface area (Å²) >= 11 is 0. The van der Waals surface area contributed by atoms with Crippen molar-refractivity contribution < 1.29 is 13.5 Å². The Hall–Kier alpha value is -0.180. The average Bonchev–Trinajstić information content (AvgIpc) is 1.78. The predicted octanol–water partition coefficient (Wildman–Crippen LogP) is 1.82. The van der Waals surface area contributed by atoms with E-state index in [1.807, 2.05) is 0 Å². The number of hydrogen-bond donors (Lipinski definition) is 0. The molecule has 0 spiro atoms. The maximum atomic E-state index is 12.3. The Morgan fingerprint density at radius 3 is 2.00 bits per heavy atom. The van der Waals surface area contributed by atoms with Crippen LogP contribution in [0.2, 0.25) is 0 Å². The standard InChI is InChI=1S/C6H10F2O/c1-5(2)3-6(7,8)4-9-5/h3-4H2,1-2H3. The molecule has 0 unspecified atom stereocenters. The molecule has 0 radical (unpaired) electrons. The third-order valence-electron chi connectivity index (χ3n) is 1.36. The first-order valence-electron chi connectivity index (χ1n) is 2.93. The van der Waals surface area contributed by atoms with Crippen molar-refractivity contribution in [1.29, 1.82) is 0 Å². The first-order valence-corrected chi connectivity index (χ1v) is 2.93. The summed E-state index contributed by atoms with van der Waals surface area (Å²) in [5.41, 5.74) is -0.622. The number of hydrogen-bond acceptors (Lipinski definition) is 1. The maximum absolute atomic E-state index is 12.3. The van der Waals surface area contributed by atoms with Gasteiger partial charge in [-0.15, -0.1) is 0 Å². The van der Waals surface area contributed by atoms with E-state index in [4.69, 9.17) is 4.74 Å². The van der Waals surface area contributed by atoms with E-state index in [0.29, 0.717) is 0 Å². The number of rotatable bonds is 0. The first-order chi connectivity index (χ1) is 3.91. The Labute approximate surface area is 53.0 Å². The van der Waals surface area contributed by atoms with Gasteiger partial charge in [0.25, 0.3) is 5.92 Å². The van der Waals surface area contributed by atoms with Crippen molar-refractivity contribution in [3.05, 3.63) is 0 Å². The Balaban J connectivity index is 2.58. The minimum Gasteiger partial charge on any atom is -0.369 e. The Kier molecular flexibility index (Phi) is 1.28. The van der Waals surface area contributed by atoms with Gasteiger partial charge in [0, 0.05) is 6.42 Å². The minimum atomic E-state index is -2.59. The van der Waals surface area contributed by atoms with Crippen molar-refractivity contribution in [3.63, 3.8) is 0 Å². The second-order valence-corrected chi connectivity index (χ2v) is 3.08. The Bertz CT molecular complexity index is 106. The molecular weight excluding hydrogens is 126 g/mol. The summed E-state index contributed by atoms with van der Waals surface area (Å²) < 4.78 is 29.4. The zero-order valence-electron chi connectivity index (χ0n) is 5.58. The van der Waals surface area contributed by atoms with Crippen LogP contribution < -0.4 is 0 Å². The molecule has 1 rings (SSSR count). The zero-order valence-corrected chi connectivity index (χ0v) is 5.58. The van der Waals surface area contributed by atoms with Gasteiger partial charge in [-0.2, -0.15) is 0 Å². The third kappa shape index (κ3) is 1.61. The van der Waals surface area contributed by atoms with Gasteiger partial charge in [0.15, 0.2) is 0 Å². The molecule has 0 aromatic heterocycles. The van der Waals surface area contributed by atoms with Gasteiger partial charge in [-0.1, -0.05) is 0 Å². The highest BCUT2D eigenvalue weighted by atomic mass is 19.3. The van der Waals surface area contributed by atoms with Crippen molar-refractivity contribution in [2.24, 2.45) is 0 Å². The monoisotopic (exact) mass is 136 g/mol. The molecule has 0 aromatic carbocycles. The summed E-state index contributed by atoms with van der Waals surface area (Å²) in [6.45, 7) is 2.93. The molecule has 1 heterocycles. The van der Waals surface area contributed by atoms with Gasteiger partial charge in [-0.3, -0.25) is 0 Å². The van der Waals surface area contributed by atoms with E-state index in [1.54, 1.807) is 13.8 Å². The average molecular weight is 136 g/mol. The van der Waals surface area contributed by atoms with E-state index in [2.05, 4.69) is 0 Å². The lowest BCUT2D eigenvalue weighted by Crippen LogP contribution is -2.20. The first kappa shape index (κ1) is 6.93. The Morgan fingerprint density at radius 1 is 1.33 bits per heavy atom. The molecule has 0 saturated carbocycles. The van der Waals surface area contributed by atoms with Gasteiger partial charge in [0.1, 0.15) is 6.61 Å². The van der Waals surface area contributed by atoms with Gasteiger partial charge in [-0.25, -0.2) is 8.78 Å². The maximum Gasteiger partial charge on any atom is 0.273 e. The van der Waals surface area contributed by atoms with E-state index in [1.165, 1.54) is 0 Å². The molecular formula is C6H10F2O. The summed E-state index contributed by atoms with van der Waals surface area (Å²) in [5.74, 6) is -2.59. The molecule has 1 nitrogen and oxygen atoms in total. The fourth-order valence-corrected chi connectivity index (χ4v) is 1.03. The summed E-state index contributed by atoms with van der Waals surface area (Å²) in [7, 11) is 0. The molecule has 0 aliphatic carbocycles. The second kappa shape index (κ2) is 1.66. The fourth-order valence-electron chi connectivity index (χ4n) is 1.03. The summed E-state index contributed by atoms with van der Waals surface area (Å²) in [6.07, 6.45) is -0.153. The largest absolute Gasteiger partial charge is 0.369 e. The fraction of sp³-hybridized carbons (Fsp3) is 1.00. The van der Waals surface area contributed by atoms with Crippen molar-refractivity contribution in [2.75, 3.05) is 6.61 Å².